The van der Waals surface area contributed by atoms with Crippen LogP contribution in [0.15, 0.2) is 48.9 Å². The van der Waals surface area contributed by atoms with Gasteiger partial charge in [-0.1, -0.05) is 12.1 Å². The van der Waals surface area contributed by atoms with Crippen LogP contribution in [0.3, 0.4) is 0 Å². The summed E-state index contributed by atoms with van der Waals surface area (Å²) in [6.07, 6.45) is 5.28. The quantitative estimate of drug-likeness (QED) is 0.734. The van der Waals surface area contributed by atoms with Gasteiger partial charge in [0.1, 0.15) is 5.52 Å². The predicted molar refractivity (Wildman–Crippen MR) is 72.3 cm³/mol. The molecule has 4 nitrogen and oxygen atoms in total. The Kier molecular flexibility index (Phi) is 2.86. The second kappa shape index (κ2) is 4.66. The fourth-order valence-corrected chi connectivity index (χ4v) is 1.99. The maximum Gasteiger partial charge on any atom is 0.156 e. The van der Waals surface area contributed by atoms with Crippen LogP contribution in [-0.4, -0.2) is 14.6 Å². The van der Waals surface area contributed by atoms with Crippen molar-refractivity contribution < 1.29 is 0 Å². The Balaban J connectivity index is 1.98. The Morgan fingerprint density at radius 2 is 2.17 bits per heavy atom. The van der Waals surface area contributed by atoms with Gasteiger partial charge in [0.25, 0.3) is 0 Å². The number of fused-ring (bicyclic) bond motifs is 1. The van der Waals surface area contributed by atoms with Crippen molar-refractivity contribution in [3.05, 3.63) is 54.5 Å². The van der Waals surface area contributed by atoms with Crippen LogP contribution in [0.1, 0.15) is 5.56 Å². The summed E-state index contributed by atoms with van der Waals surface area (Å²) in [6, 6.07) is 9.87. The van der Waals surface area contributed by atoms with Crippen LogP contribution in [0.25, 0.3) is 5.52 Å². The molecule has 3 aromatic rings. The summed E-state index contributed by atoms with van der Waals surface area (Å²) in [7, 11) is 0. The molecule has 2 aromatic heterocycles. The SMILES string of the molecule is ClCc1cccc(Nc2nccn3nccc23)c1. The fraction of sp³-hybridized carbons (Fsp3) is 0.0769. The van der Waals surface area contributed by atoms with E-state index in [0.29, 0.717) is 5.88 Å². The standard InChI is InChI=1S/C13H11ClN4/c14-9-10-2-1-3-11(8-10)17-13-12-4-5-16-18(12)7-6-15-13/h1-8H,9H2,(H,15,17). The molecule has 0 aliphatic rings. The molecule has 18 heavy (non-hydrogen) atoms. The molecule has 0 saturated heterocycles. The second-order valence-corrected chi connectivity index (χ2v) is 4.16. The molecule has 0 unspecified atom stereocenters. The van der Waals surface area contributed by atoms with Crippen LogP contribution >= 0.6 is 11.6 Å². The van der Waals surface area contributed by atoms with Crippen molar-refractivity contribution in [3.63, 3.8) is 0 Å². The molecule has 0 atom stereocenters. The maximum atomic E-state index is 5.82. The lowest BCUT2D eigenvalue weighted by Gasteiger charge is -2.07. The van der Waals surface area contributed by atoms with Gasteiger partial charge in [0.05, 0.1) is 6.20 Å². The molecule has 0 aliphatic heterocycles. The van der Waals surface area contributed by atoms with E-state index in [-0.39, 0.29) is 0 Å². The van der Waals surface area contributed by atoms with Gasteiger partial charge in [-0.15, -0.1) is 11.6 Å². The molecular formula is C13H11ClN4. The van der Waals surface area contributed by atoms with Crippen molar-refractivity contribution in [2.75, 3.05) is 5.32 Å². The summed E-state index contributed by atoms with van der Waals surface area (Å²) in [5.41, 5.74) is 2.98. The molecule has 2 heterocycles. The number of hydrogen-bond acceptors (Lipinski definition) is 3. The van der Waals surface area contributed by atoms with Gasteiger partial charge in [-0.3, -0.25) is 0 Å². The van der Waals surface area contributed by atoms with E-state index < -0.39 is 0 Å². The summed E-state index contributed by atoms with van der Waals surface area (Å²) in [4.78, 5) is 4.32. The van der Waals surface area contributed by atoms with Crippen LogP contribution in [-0.2, 0) is 5.88 Å². The van der Waals surface area contributed by atoms with Crippen molar-refractivity contribution in [1.29, 1.82) is 0 Å². The van der Waals surface area contributed by atoms with E-state index >= 15 is 0 Å². The van der Waals surface area contributed by atoms with Gasteiger partial charge in [-0.25, -0.2) is 9.50 Å². The minimum atomic E-state index is 0.500. The number of nitrogens with zero attached hydrogens (tertiary/aromatic N) is 3. The van der Waals surface area contributed by atoms with E-state index in [9.17, 15) is 0 Å². The van der Waals surface area contributed by atoms with Crippen LogP contribution in [0, 0.1) is 0 Å². The van der Waals surface area contributed by atoms with E-state index in [2.05, 4.69) is 15.4 Å². The van der Waals surface area contributed by atoms with Gasteiger partial charge < -0.3 is 5.32 Å². The summed E-state index contributed by atoms with van der Waals surface area (Å²) < 4.78 is 1.78. The molecule has 90 valence electrons. The highest BCUT2D eigenvalue weighted by atomic mass is 35.5. The smallest absolute Gasteiger partial charge is 0.156 e. The first-order chi connectivity index (χ1) is 8.86. The maximum absolute atomic E-state index is 5.82. The van der Waals surface area contributed by atoms with Crippen molar-refractivity contribution in [3.8, 4) is 0 Å². The van der Waals surface area contributed by atoms with Crippen LogP contribution in [0.2, 0.25) is 0 Å². The number of hydrogen-bond donors (Lipinski definition) is 1. The zero-order chi connectivity index (χ0) is 12.4. The highest BCUT2D eigenvalue weighted by Gasteiger charge is 2.03. The monoisotopic (exact) mass is 258 g/mol. The third kappa shape index (κ3) is 2.02. The van der Waals surface area contributed by atoms with Gasteiger partial charge in [-0.05, 0) is 23.8 Å². The molecule has 0 radical (unpaired) electrons. The van der Waals surface area contributed by atoms with Crippen molar-refractivity contribution >= 4 is 28.6 Å². The number of nitrogens with one attached hydrogen (secondary N) is 1. The molecule has 3 rings (SSSR count). The molecule has 1 N–H and O–H groups in total. The zero-order valence-electron chi connectivity index (χ0n) is 9.55. The summed E-state index contributed by atoms with van der Waals surface area (Å²) in [5, 5.41) is 7.45. The van der Waals surface area contributed by atoms with Gasteiger partial charge in [0, 0.05) is 24.0 Å². The Bertz CT molecular complexity index is 677. The van der Waals surface area contributed by atoms with Gasteiger partial charge in [-0.2, -0.15) is 5.10 Å². The number of rotatable bonds is 3. The van der Waals surface area contributed by atoms with Crippen LogP contribution in [0.4, 0.5) is 11.5 Å². The Morgan fingerprint density at radius 1 is 1.22 bits per heavy atom. The third-order valence-electron chi connectivity index (χ3n) is 2.67. The average Bonchev–Trinajstić information content (AvgIpc) is 2.88. The second-order valence-electron chi connectivity index (χ2n) is 3.90. The zero-order valence-corrected chi connectivity index (χ0v) is 10.3. The van der Waals surface area contributed by atoms with E-state index in [1.165, 1.54) is 0 Å². The first kappa shape index (κ1) is 11.0. The highest BCUT2D eigenvalue weighted by molar-refractivity contribution is 6.17. The normalized spacial score (nSPS) is 10.7. The summed E-state index contributed by atoms with van der Waals surface area (Å²) >= 11 is 5.82. The minimum Gasteiger partial charge on any atom is -0.338 e. The van der Waals surface area contributed by atoms with Crippen molar-refractivity contribution in [2.24, 2.45) is 0 Å². The van der Waals surface area contributed by atoms with Gasteiger partial charge in [0.2, 0.25) is 0 Å². The van der Waals surface area contributed by atoms with Crippen molar-refractivity contribution in [2.45, 2.75) is 5.88 Å². The summed E-state index contributed by atoms with van der Waals surface area (Å²) in [5.74, 6) is 1.28. The molecule has 0 fully saturated rings. The Morgan fingerprint density at radius 3 is 3.06 bits per heavy atom. The number of anilines is 2. The molecule has 0 spiro atoms. The molecule has 0 amide bonds. The Labute approximate surface area is 109 Å². The first-order valence-corrected chi connectivity index (χ1v) is 6.10. The molecule has 0 saturated carbocycles. The molecule has 5 heteroatoms. The fourth-order valence-electron chi connectivity index (χ4n) is 1.82. The number of halogens is 1. The third-order valence-corrected chi connectivity index (χ3v) is 2.98. The van der Waals surface area contributed by atoms with E-state index in [0.717, 1.165) is 22.6 Å². The molecule has 0 aliphatic carbocycles. The minimum absolute atomic E-state index is 0.500. The number of alkyl halides is 1. The Hall–Kier alpha value is -2.07. The van der Waals surface area contributed by atoms with Gasteiger partial charge in [0.15, 0.2) is 5.82 Å². The molecule has 0 bridgehead atoms. The lowest BCUT2D eigenvalue weighted by molar-refractivity contribution is 0.948. The first-order valence-electron chi connectivity index (χ1n) is 5.57. The highest BCUT2D eigenvalue weighted by Crippen LogP contribution is 2.20. The average molecular weight is 259 g/mol. The lowest BCUT2D eigenvalue weighted by Crippen LogP contribution is -1.97. The van der Waals surface area contributed by atoms with E-state index in [4.69, 9.17) is 11.6 Å². The molecule has 1 aromatic carbocycles. The number of aromatic nitrogens is 3. The summed E-state index contributed by atoms with van der Waals surface area (Å²) in [6.45, 7) is 0. The largest absolute Gasteiger partial charge is 0.338 e. The van der Waals surface area contributed by atoms with Crippen LogP contribution in [0.5, 0.6) is 0 Å². The lowest BCUT2D eigenvalue weighted by atomic mass is 10.2. The van der Waals surface area contributed by atoms with Crippen LogP contribution < -0.4 is 5.32 Å². The topological polar surface area (TPSA) is 42.2 Å². The van der Waals surface area contributed by atoms with Gasteiger partial charge >= 0.3 is 0 Å². The van der Waals surface area contributed by atoms with E-state index in [1.807, 2.05) is 36.5 Å². The predicted octanol–water partition coefficient (Wildman–Crippen LogP) is 3.21. The van der Waals surface area contributed by atoms with Crippen molar-refractivity contribution in [1.82, 2.24) is 14.6 Å². The number of benzene rings is 1. The molecular weight excluding hydrogens is 248 g/mol. The van der Waals surface area contributed by atoms with E-state index in [1.54, 1.807) is 16.9 Å².